The second kappa shape index (κ2) is 16.8. The van der Waals surface area contributed by atoms with E-state index in [2.05, 4.69) is 6.92 Å². The van der Waals surface area contributed by atoms with E-state index in [9.17, 15) is 4.79 Å². The normalized spacial score (nSPS) is 12.5. The molecular weight excluding hydrogens is 271 g/mol. The van der Waals surface area contributed by atoms with Gasteiger partial charge in [-0.2, -0.15) is 0 Å². The first kappa shape index (κ1) is 21.5. The maximum atomic E-state index is 10.4. The third-order valence-electron chi connectivity index (χ3n) is 4.39. The fourth-order valence-corrected chi connectivity index (χ4v) is 3.71. The first-order valence-corrected chi connectivity index (χ1v) is 10.5. The molecule has 0 aromatic carbocycles. The number of hydrogen-bond donors (Lipinski definition) is 1. The minimum atomic E-state index is -0.650. The van der Waals surface area contributed by atoms with Gasteiger partial charge in [0.05, 0.1) is 0 Å². The van der Waals surface area contributed by atoms with Gasteiger partial charge < -0.3 is 0 Å². The molecule has 0 aliphatic heterocycles. The van der Waals surface area contributed by atoms with E-state index in [-0.39, 0.29) is 0 Å². The zero-order chi connectivity index (χ0) is 15.8. The van der Waals surface area contributed by atoms with Gasteiger partial charge >= 0.3 is 150 Å². The SMILES string of the molecule is CCCCCCCC[CH]([Na])CCCCCCCCC(=O)O. The van der Waals surface area contributed by atoms with Crippen molar-refractivity contribution in [2.75, 3.05) is 0 Å². The van der Waals surface area contributed by atoms with Crippen LogP contribution in [0.2, 0.25) is 3.17 Å². The molecule has 2 nitrogen and oxygen atoms in total. The summed E-state index contributed by atoms with van der Waals surface area (Å²) in [7, 11) is 0. The number of aliphatic carboxylic acids is 1. The van der Waals surface area contributed by atoms with E-state index >= 15 is 0 Å². The van der Waals surface area contributed by atoms with Crippen molar-refractivity contribution in [1.29, 1.82) is 0 Å². The second-order valence-corrected chi connectivity index (χ2v) is 8.35. The molecule has 0 saturated carbocycles. The number of carboxylic acids is 1. The van der Waals surface area contributed by atoms with Crippen molar-refractivity contribution in [2.45, 2.75) is 106 Å². The molecule has 0 bridgehead atoms. The maximum absolute atomic E-state index is 10.4. The molecule has 21 heavy (non-hydrogen) atoms. The molecule has 1 N–H and O–H groups in total. The molecule has 3 heteroatoms. The zero-order valence-corrected chi connectivity index (χ0v) is 16.5. The summed E-state index contributed by atoms with van der Waals surface area (Å²) < 4.78 is 1.03. The second-order valence-electron chi connectivity index (χ2n) is 6.72. The van der Waals surface area contributed by atoms with Crippen LogP contribution in [0.4, 0.5) is 0 Å². The van der Waals surface area contributed by atoms with Gasteiger partial charge in [0, 0.05) is 0 Å². The van der Waals surface area contributed by atoms with Gasteiger partial charge in [0.2, 0.25) is 0 Å². The van der Waals surface area contributed by atoms with Crippen LogP contribution in [0.1, 0.15) is 103 Å². The molecule has 0 spiro atoms. The number of unbranched alkanes of at least 4 members (excludes halogenated alkanes) is 10. The summed E-state index contributed by atoms with van der Waals surface area (Å²) in [5.74, 6) is -0.650. The Hall–Kier alpha value is 0.470. The molecule has 0 aromatic heterocycles. The third-order valence-corrected chi connectivity index (χ3v) is 5.54. The molecule has 1 atom stereocenters. The molecule has 0 heterocycles. The summed E-state index contributed by atoms with van der Waals surface area (Å²) in [6.07, 6.45) is 19.0. The summed E-state index contributed by atoms with van der Waals surface area (Å²) in [5, 5.41) is 8.55. The number of carbonyl (C=O) groups is 1. The predicted octanol–water partition coefficient (Wildman–Crippen LogP) is 5.90. The quantitative estimate of drug-likeness (QED) is 0.285. The van der Waals surface area contributed by atoms with Crippen LogP contribution in [0.25, 0.3) is 0 Å². The van der Waals surface area contributed by atoms with Crippen molar-refractivity contribution in [3.63, 3.8) is 0 Å². The van der Waals surface area contributed by atoms with Gasteiger partial charge in [0.1, 0.15) is 0 Å². The van der Waals surface area contributed by atoms with Crippen LogP contribution in [0.5, 0.6) is 0 Å². The summed E-state index contributed by atoms with van der Waals surface area (Å²) in [5.41, 5.74) is 0. The van der Waals surface area contributed by atoms with Gasteiger partial charge in [0.25, 0.3) is 0 Å². The van der Waals surface area contributed by atoms with Crippen LogP contribution >= 0.6 is 0 Å². The van der Waals surface area contributed by atoms with Crippen molar-refractivity contribution < 1.29 is 9.90 Å². The van der Waals surface area contributed by atoms with E-state index in [1.54, 1.807) is 0 Å². The van der Waals surface area contributed by atoms with Crippen LogP contribution in [0.3, 0.4) is 0 Å². The van der Waals surface area contributed by atoms with Gasteiger partial charge in [0.15, 0.2) is 0 Å². The Morgan fingerprint density at radius 3 is 1.71 bits per heavy atom. The average molecular weight is 306 g/mol. The molecule has 0 saturated heterocycles. The summed E-state index contributed by atoms with van der Waals surface area (Å²) in [4.78, 5) is 10.4. The monoisotopic (exact) mass is 306 g/mol. The standard InChI is InChI=1S/C18H35O2.Na/c1-2-3-4-5-6-7-8-9-10-11-12-13-14-15-16-17-18(19)20;/h9H,2-8,10-17H2,1H3,(H,19,20);. The van der Waals surface area contributed by atoms with E-state index in [4.69, 9.17) is 5.11 Å². The summed E-state index contributed by atoms with van der Waals surface area (Å²) in [6, 6.07) is 0. The van der Waals surface area contributed by atoms with Gasteiger partial charge in [-0.25, -0.2) is 0 Å². The van der Waals surface area contributed by atoms with E-state index in [0.717, 1.165) is 16.0 Å². The van der Waals surface area contributed by atoms with Crippen molar-refractivity contribution in [1.82, 2.24) is 0 Å². The zero-order valence-electron chi connectivity index (χ0n) is 14.5. The Kier molecular flexibility index (Phi) is 17.2. The fraction of sp³-hybridized carbons (Fsp3) is 0.944. The van der Waals surface area contributed by atoms with Crippen molar-refractivity contribution in [3.05, 3.63) is 0 Å². The van der Waals surface area contributed by atoms with Crippen LogP contribution < -0.4 is 0 Å². The Labute approximate surface area is 149 Å². The minimum absolute atomic E-state index is 0.348. The predicted molar refractivity (Wildman–Crippen MR) is 92.1 cm³/mol. The van der Waals surface area contributed by atoms with Gasteiger partial charge in [-0.3, -0.25) is 0 Å². The first-order valence-electron chi connectivity index (χ1n) is 9.38. The van der Waals surface area contributed by atoms with Crippen LogP contribution in [0.15, 0.2) is 0 Å². The molecule has 0 fully saturated rings. The van der Waals surface area contributed by atoms with E-state index in [0.29, 0.717) is 6.42 Å². The van der Waals surface area contributed by atoms with Crippen LogP contribution in [0, 0.1) is 0 Å². The Morgan fingerprint density at radius 1 is 0.810 bits per heavy atom. The van der Waals surface area contributed by atoms with Crippen molar-refractivity contribution >= 4 is 33.9 Å². The number of rotatable bonds is 16. The van der Waals surface area contributed by atoms with Gasteiger partial charge in [-0.15, -0.1) is 0 Å². The molecule has 0 aliphatic carbocycles. The molecule has 0 aliphatic rings. The van der Waals surface area contributed by atoms with Gasteiger partial charge in [-0.1, -0.05) is 0 Å². The Bertz CT molecular complexity index is 231. The molecular formula is C18H35NaO2. The molecule has 1 unspecified atom stereocenters. The Morgan fingerprint density at radius 2 is 1.24 bits per heavy atom. The number of hydrogen-bond acceptors (Lipinski definition) is 1. The molecule has 0 amide bonds. The average Bonchev–Trinajstić information content (AvgIpc) is 2.45. The van der Waals surface area contributed by atoms with E-state index in [1.165, 1.54) is 105 Å². The Balaban J connectivity index is 3.15. The summed E-state index contributed by atoms with van der Waals surface area (Å²) >= 11 is 1.36. The molecule has 0 rings (SSSR count). The van der Waals surface area contributed by atoms with Crippen LogP contribution in [-0.2, 0) is 4.79 Å². The molecule has 120 valence electrons. The van der Waals surface area contributed by atoms with Crippen molar-refractivity contribution in [3.8, 4) is 0 Å². The number of carboxylic acid groups (broad SMARTS) is 1. The van der Waals surface area contributed by atoms with E-state index < -0.39 is 5.97 Å². The topological polar surface area (TPSA) is 37.3 Å². The fourth-order valence-electron chi connectivity index (χ4n) is 2.89. The van der Waals surface area contributed by atoms with Crippen LogP contribution in [-0.4, -0.2) is 39.0 Å². The van der Waals surface area contributed by atoms with Crippen molar-refractivity contribution in [2.24, 2.45) is 0 Å². The van der Waals surface area contributed by atoms with Gasteiger partial charge in [-0.05, 0) is 0 Å². The first-order chi connectivity index (χ1) is 10.2. The van der Waals surface area contributed by atoms with E-state index in [1.807, 2.05) is 0 Å². The summed E-state index contributed by atoms with van der Waals surface area (Å²) in [6.45, 7) is 2.28. The molecule has 0 aromatic rings. The third kappa shape index (κ3) is 18.4. The molecule has 0 radical (unpaired) electrons.